The molecule has 2 aromatic rings. The van der Waals surface area contributed by atoms with E-state index in [1.54, 1.807) is 10.5 Å². The molecule has 1 aliphatic rings. The van der Waals surface area contributed by atoms with E-state index in [1.165, 1.54) is 11.8 Å². The number of sulfonamides is 1. The van der Waals surface area contributed by atoms with Gasteiger partial charge < -0.3 is 5.32 Å². The number of fused-ring (bicyclic) bond motifs is 1. The molecule has 6 heteroatoms. The van der Waals surface area contributed by atoms with Crippen LogP contribution in [0.25, 0.3) is 10.9 Å². The minimum atomic E-state index is -3.08. The first-order valence-corrected chi connectivity index (χ1v) is 9.80. The van der Waals surface area contributed by atoms with Crippen molar-refractivity contribution >= 4 is 20.9 Å². The summed E-state index contributed by atoms with van der Waals surface area (Å²) in [5.41, 5.74) is 2.23. The van der Waals surface area contributed by atoms with Crippen LogP contribution in [0.5, 0.6) is 0 Å². The molecule has 0 aliphatic carbocycles. The van der Waals surface area contributed by atoms with Crippen LogP contribution in [-0.4, -0.2) is 43.1 Å². The molecular formula is C17H23N3O2S. The second-order valence-corrected chi connectivity index (χ2v) is 8.39. The first-order chi connectivity index (χ1) is 10.9. The smallest absolute Gasteiger partial charge is 0.211 e. The zero-order chi connectivity index (χ0) is 16.4. The Morgan fingerprint density at radius 3 is 2.91 bits per heavy atom. The summed E-state index contributed by atoms with van der Waals surface area (Å²) >= 11 is 0. The maximum atomic E-state index is 11.6. The zero-order valence-corrected chi connectivity index (χ0v) is 14.4. The lowest BCUT2D eigenvalue weighted by molar-refractivity contribution is 0.220. The van der Waals surface area contributed by atoms with Crippen molar-refractivity contribution in [3.05, 3.63) is 42.1 Å². The number of nitrogens with one attached hydrogen (secondary N) is 1. The molecule has 3 rings (SSSR count). The number of aromatic nitrogens is 1. The van der Waals surface area contributed by atoms with E-state index in [1.807, 2.05) is 12.1 Å². The summed E-state index contributed by atoms with van der Waals surface area (Å²) < 4.78 is 24.9. The van der Waals surface area contributed by atoms with Crippen LogP contribution in [-0.2, 0) is 16.6 Å². The molecule has 5 nitrogen and oxygen atoms in total. The van der Waals surface area contributed by atoms with Gasteiger partial charge in [-0.1, -0.05) is 19.1 Å². The molecule has 1 aromatic heterocycles. The molecule has 0 saturated carbocycles. The Bertz CT molecular complexity index is 791. The van der Waals surface area contributed by atoms with Gasteiger partial charge in [-0.25, -0.2) is 12.7 Å². The van der Waals surface area contributed by atoms with Crippen molar-refractivity contribution in [2.24, 2.45) is 5.92 Å². The number of rotatable bonds is 4. The van der Waals surface area contributed by atoms with Crippen molar-refractivity contribution in [2.45, 2.75) is 25.9 Å². The van der Waals surface area contributed by atoms with Gasteiger partial charge in [-0.3, -0.25) is 4.98 Å². The Balaban J connectivity index is 1.61. The van der Waals surface area contributed by atoms with E-state index in [0.29, 0.717) is 25.0 Å². The van der Waals surface area contributed by atoms with Crippen LogP contribution in [0, 0.1) is 5.92 Å². The van der Waals surface area contributed by atoms with Crippen molar-refractivity contribution in [1.29, 1.82) is 0 Å². The normalized spacial score (nSPS) is 23.2. The predicted molar refractivity (Wildman–Crippen MR) is 92.6 cm³/mol. The summed E-state index contributed by atoms with van der Waals surface area (Å²) in [6, 6.07) is 10.7. The van der Waals surface area contributed by atoms with Gasteiger partial charge in [-0.05, 0) is 36.1 Å². The molecule has 1 N–H and O–H groups in total. The summed E-state index contributed by atoms with van der Waals surface area (Å²) in [4.78, 5) is 4.33. The predicted octanol–water partition coefficient (Wildman–Crippen LogP) is 1.99. The van der Waals surface area contributed by atoms with Gasteiger partial charge in [-0.15, -0.1) is 0 Å². The molecule has 1 saturated heterocycles. The van der Waals surface area contributed by atoms with Crippen LogP contribution in [0.4, 0.5) is 0 Å². The van der Waals surface area contributed by atoms with Crippen molar-refractivity contribution in [1.82, 2.24) is 14.6 Å². The van der Waals surface area contributed by atoms with Crippen molar-refractivity contribution in [3.8, 4) is 0 Å². The van der Waals surface area contributed by atoms with E-state index < -0.39 is 10.0 Å². The van der Waals surface area contributed by atoms with E-state index in [-0.39, 0.29) is 0 Å². The summed E-state index contributed by atoms with van der Waals surface area (Å²) in [7, 11) is -3.08. The summed E-state index contributed by atoms with van der Waals surface area (Å²) in [6.45, 7) is 4.10. The number of nitrogens with zero attached hydrogens (tertiary/aromatic N) is 2. The Hall–Kier alpha value is -1.50. The average molecular weight is 333 g/mol. The first kappa shape index (κ1) is 16.4. The maximum absolute atomic E-state index is 11.6. The fraction of sp³-hybridized carbons (Fsp3) is 0.471. The van der Waals surface area contributed by atoms with Gasteiger partial charge in [-0.2, -0.15) is 0 Å². The van der Waals surface area contributed by atoms with Crippen LogP contribution >= 0.6 is 0 Å². The zero-order valence-electron chi connectivity index (χ0n) is 13.6. The molecule has 124 valence electrons. The van der Waals surface area contributed by atoms with Crippen LogP contribution in [0.1, 0.15) is 18.9 Å². The molecule has 2 atom stereocenters. The molecule has 0 unspecified atom stereocenters. The maximum Gasteiger partial charge on any atom is 0.211 e. The molecule has 0 spiro atoms. The Labute approximate surface area is 137 Å². The fourth-order valence-electron chi connectivity index (χ4n) is 3.20. The number of piperidine rings is 1. The van der Waals surface area contributed by atoms with E-state index in [9.17, 15) is 8.42 Å². The van der Waals surface area contributed by atoms with Gasteiger partial charge in [0, 0.05) is 37.3 Å². The molecule has 1 aliphatic heterocycles. The Morgan fingerprint density at radius 1 is 1.35 bits per heavy atom. The lowest BCUT2D eigenvalue weighted by Gasteiger charge is -2.36. The second-order valence-electron chi connectivity index (χ2n) is 6.40. The molecule has 2 heterocycles. The SMILES string of the molecule is C[C@H]1CN(S(C)(=O)=O)CC[C@H]1NCc1ccc2ncccc2c1. The highest BCUT2D eigenvalue weighted by molar-refractivity contribution is 7.88. The van der Waals surface area contributed by atoms with Gasteiger partial charge in [0.1, 0.15) is 0 Å². The lowest BCUT2D eigenvalue weighted by Crippen LogP contribution is -2.49. The monoisotopic (exact) mass is 333 g/mol. The summed E-state index contributed by atoms with van der Waals surface area (Å²) in [6.07, 6.45) is 3.94. The molecular weight excluding hydrogens is 310 g/mol. The second kappa shape index (κ2) is 6.55. The largest absolute Gasteiger partial charge is 0.310 e. The number of benzene rings is 1. The number of hydrogen-bond acceptors (Lipinski definition) is 4. The minimum absolute atomic E-state index is 0.306. The van der Waals surface area contributed by atoms with Crippen LogP contribution < -0.4 is 5.32 Å². The van der Waals surface area contributed by atoms with Gasteiger partial charge >= 0.3 is 0 Å². The van der Waals surface area contributed by atoms with Gasteiger partial charge in [0.2, 0.25) is 10.0 Å². The lowest BCUT2D eigenvalue weighted by atomic mass is 9.95. The quantitative estimate of drug-likeness (QED) is 0.929. The van der Waals surface area contributed by atoms with Crippen LogP contribution in [0.3, 0.4) is 0 Å². The first-order valence-electron chi connectivity index (χ1n) is 7.95. The van der Waals surface area contributed by atoms with E-state index in [4.69, 9.17) is 0 Å². The average Bonchev–Trinajstić information content (AvgIpc) is 2.52. The van der Waals surface area contributed by atoms with Crippen molar-refractivity contribution < 1.29 is 8.42 Å². The summed E-state index contributed by atoms with van der Waals surface area (Å²) in [5.74, 6) is 0.306. The van der Waals surface area contributed by atoms with Crippen LogP contribution in [0.15, 0.2) is 36.5 Å². The van der Waals surface area contributed by atoms with Crippen molar-refractivity contribution in [3.63, 3.8) is 0 Å². The van der Waals surface area contributed by atoms with E-state index >= 15 is 0 Å². The fourth-order valence-corrected chi connectivity index (χ4v) is 4.14. The molecule has 0 radical (unpaired) electrons. The molecule has 1 aromatic carbocycles. The molecule has 23 heavy (non-hydrogen) atoms. The Kier molecular flexibility index (Phi) is 4.66. The third kappa shape index (κ3) is 3.88. The van der Waals surface area contributed by atoms with Gasteiger partial charge in [0.05, 0.1) is 11.8 Å². The molecule has 1 fully saturated rings. The highest BCUT2D eigenvalue weighted by Gasteiger charge is 2.29. The van der Waals surface area contributed by atoms with Gasteiger partial charge in [0.15, 0.2) is 0 Å². The highest BCUT2D eigenvalue weighted by Crippen LogP contribution is 2.20. The topological polar surface area (TPSA) is 62.3 Å². The third-order valence-electron chi connectivity index (χ3n) is 4.57. The van der Waals surface area contributed by atoms with E-state index in [0.717, 1.165) is 23.9 Å². The van der Waals surface area contributed by atoms with E-state index in [2.05, 4.69) is 35.4 Å². The highest BCUT2D eigenvalue weighted by atomic mass is 32.2. The molecule has 0 amide bonds. The third-order valence-corrected chi connectivity index (χ3v) is 5.84. The Morgan fingerprint density at radius 2 is 2.17 bits per heavy atom. The standard InChI is InChI=1S/C17H23N3O2S/c1-13-12-20(23(2,21)22)9-7-16(13)19-11-14-5-6-17-15(10-14)4-3-8-18-17/h3-6,8,10,13,16,19H,7,9,11-12H2,1-2H3/t13-,16+/m0/s1. The summed E-state index contributed by atoms with van der Waals surface area (Å²) in [5, 5.41) is 4.73. The van der Waals surface area contributed by atoms with Crippen molar-refractivity contribution in [2.75, 3.05) is 19.3 Å². The number of pyridine rings is 1. The minimum Gasteiger partial charge on any atom is -0.310 e. The van der Waals surface area contributed by atoms with Gasteiger partial charge in [0.25, 0.3) is 0 Å². The number of hydrogen-bond donors (Lipinski definition) is 1. The van der Waals surface area contributed by atoms with Crippen LogP contribution in [0.2, 0.25) is 0 Å². The molecule has 0 bridgehead atoms.